The van der Waals surface area contributed by atoms with Gasteiger partial charge in [0.1, 0.15) is 0 Å². The van der Waals surface area contributed by atoms with Crippen LogP contribution >= 0.6 is 0 Å². The Labute approximate surface area is 105 Å². The van der Waals surface area contributed by atoms with E-state index in [1.54, 1.807) is 6.92 Å². The number of carboxylic acid groups (broad SMARTS) is 1. The fourth-order valence-electron chi connectivity index (χ4n) is 1.46. The molecule has 0 aromatic rings. The number of carbonyl (C=O) groups is 3. The first-order chi connectivity index (χ1) is 8.44. The van der Waals surface area contributed by atoms with Crippen molar-refractivity contribution >= 4 is 17.8 Å². The SMILES string of the molecule is CCOC(=O)C(CC)(CC(=O)NCCO)C(=O)O. The van der Waals surface area contributed by atoms with Gasteiger partial charge in [-0.3, -0.25) is 14.4 Å². The predicted octanol–water partition coefficient (Wildman–Crippen LogP) is -0.471. The van der Waals surface area contributed by atoms with E-state index in [1.807, 2.05) is 0 Å². The number of aliphatic carboxylic acids is 1. The largest absolute Gasteiger partial charge is 0.480 e. The van der Waals surface area contributed by atoms with Gasteiger partial charge in [-0.05, 0) is 13.3 Å². The van der Waals surface area contributed by atoms with Gasteiger partial charge in [-0.1, -0.05) is 6.92 Å². The van der Waals surface area contributed by atoms with Crippen molar-refractivity contribution in [1.29, 1.82) is 0 Å². The van der Waals surface area contributed by atoms with E-state index in [0.717, 1.165) is 0 Å². The normalized spacial score (nSPS) is 13.5. The Bertz CT molecular complexity index is 317. The van der Waals surface area contributed by atoms with E-state index in [2.05, 4.69) is 5.32 Å². The van der Waals surface area contributed by atoms with Crippen LogP contribution in [0.1, 0.15) is 26.7 Å². The Morgan fingerprint density at radius 2 is 1.89 bits per heavy atom. The summed E-state index contributed by atoms with van der Waals surface area (Å²) in [6.45, 7) is 2.88. The Kier molecular flexibility index (Phi) is 6.96. The van der Waals surface area contributed by atoms with Crippen LogP contribution in [0, 0.1) is 5.41 Å². The van der Waals surface area contributed by atoms with Gasteiger partial charge in [0.15, 0.2) is 5.41 Å². The second-order valence-electron chi connectivity index (χ2n) is 3.71. The maximum absolute atomic E-state index is 11.7. The summed E-state index contributed by atoms with van der Waals surface area (Å²) in [7, 11) is 0. The van der Waals surface area contributed by atoms with Crippen molar-refractivity contribution in [2.75, 3.05) is 19.8 Å². The van der Waals surface area contributed by atoms with Crippen molar-refractivity contribution in [3.63, 3.8) is 0 Å². The highest BCUT2D eigenvalue weighted by Crippen LogP contribution is 2.29. The summed E-state index contributed by atoms with van der Waals surface area (Å²) in [5.74, 6) is -2.91. The molecule has 18 heavy (non-hydrogen) atoms. The zero-order valence-electron chi connectivity index (χ0n) is 10.6. The molecular weight excluding hydrogens is 242 g/mol. The number of nitrogens with one attached hydrogen (secondary N) is 1. The molecule has 1 unspecified atom stereocenters. The Hall–Kier alpha value is -1.63. The Morgan fingerprint density at radius 3 is 2.28 bits per heavy atom. The van der Waals surface area contributed by atoms with E-state index < -0.39 is 29.7 Å². The molecule has 104 valence electrons. The third kappa shape index (κ3) is 3.99. The molecule has 0 bridgehead atoms. The molecule has 1 amide bonds. The first-order valence-electron chi connectivity index (χ1n) is 5.72. The van der Waals surface area contributed by atoms with Gasteiger partial charge in [0, 0.05) is 6.54 Å². The summed E-state index contributed by atoms with van der Waals surface area (Å²) in [6, 6.07) is 0. The van der Waals surface area contributed by atoms with Crippen LogP contribution in [0.15, 0.2) is 0 Å². The standard InChI is InChI=1S/C11H19NO6/c1-3-11(9(15)16,10(17)18-4-2)7-8(14)12-5-6-13/h13H,3-7H2,1-2H3,(H,12,14)(H,15,16). The summed E-state index contributed by atoms with van der Waals surface area (Å²) >= 11 is 0. The van der Waals surface area contributed by atoms with Crippen molar-refractivity contribution in [1.82, 2.24) is 5.32 Å². The van der Waals surface area contributed by atoms with Crippen LogP contribution in [0.25, 0.3) is 0 Å². The summed E-state index contributed by atoms with van der Waals surface area (Å²) in [5.41, 5.74) is -1.87. The zero-order valence-corrected chi connectivity index (χ0v) is 10.6. The number of carboxylic acids is 1. The van der Waals surface area contributed by atoms with Gasteiger partial charge in [-0.15, -0.1) is 0 Å². The summed E-state index contributed by atoms with van der Waals surface area (Å²) < 4.78 is 4.72. The molecule has 0 saturated heterocycles. The fraction of sp³-hybridized carbons (Fsp3) is 0.727. The van der Waals surface area contributed by atoms with Crippen LogP contribution < -0.4 is 5.32 Å². The summed E-state index contributed by atoms with van der Waals surface area (Å²) in [6.07, 6.45) is -0.550. The number of esters is 1. The third-order valence-corrected chi connectivity index (χ3v) is 2.58. The molecule has 0 saturated carbocycles. The predicted molar refractivity (Wildman–Crippen MR) is 61.7 cm³/mol. The molecule has 0 aromatic heterocycles. The second kappa shape index (κ2) is 7.65. The molecule has 0 aromatic carbocycles. The molecule has 0 spiro atoms. The molecule has 0 aliphatic carbocycles. The van der Waals surface area contributed by atoms with Crippen molar-refractivity contribution in [2.24, 2.45) is 5.41 Å². The lowest BCUT2D eigenvalue weighted by molar-refractivity contribution is -0.171. The maximum atomic E-state index is 11.7. The minimum absolute atomic E-state index is 0.0150. The van der Waals surface area contributed by atoms with Crippen LogP contribution in [0.3, 0.4) is 0 Å². The molecule has 0 rings (SSSR count). The molecule has 7 heteroatoms. The molecule has 0 fully saturated rings. The van der Waals surface area contributed by atoms with E-state index in [-0.39, 0.29) is 26.2 Å². The molecule has 7 nitrogen and oxygen atoms in total. The highest BCUT2D eigenvalue weighted by Gasteiger charge is 2.47. The third-order valence-electron chi connectivity index (χ3n) is 2.58. The van der Waals surface area contributed by atoms with Crippen LogP contribution in [0.2, 0.25) is 0 Å². The summed E-state index contributed by atoms with van der Waals surface area (Å²) in [4.78, 5) is 34.5. The lowest BCUT2D eigenvalue weighted by atomic mass is 9.81. The smallest absolute Gasteiger partial charge is 0.323 e. The summed E-state index contributed by atoms with van der Waals surface area (Å²) in [5, 5.41) is 20.0. The Morgan fingerprint density at radius 1 is 1.28 bits per heavy atom. The first kappa shape index (κ1) is 16.4. The topological polar surface area (TPSA) is 113 Å². The number of ether oxygens (including phenoxy) is 1. The van der Waals surface area contributed by atoms with E-state index >= 15 is 0 Å². The quantitative estimate of drug-likeness (QED) is 0.402. The molecular formula is C11H19NO6. The van der Waals surface area contributed by atoms with E-state index in [0.29, 0.717) is 0 Å². The zero-order chi connectivity index (χ0) is 14.2. The fourth-order valence-corrected chi connectivity index (χ4v) is 1.46. The number of hydrogen-bond donors (Lipinski definition) is 3. The van der Waals surface area contributed by atoms with Gasteiger partial charge >= 0.3 is 11.9 Å². The van der Waals surface area contributed by atoms with E-state index in [9.17, 15) is 14.4 Å². The maximum Gasteiger partial charge on any atom is 0.323 e. The van der Waals surface area contributed by atoms with Gasteiger partial charge < -0.3 is 20.3 Å². The van der Waals surface area contributed by atoms with Crippen molar-refractivity contribution in [2.45, 2.75) is 26.7 Å². The van der Waals surface area contributed by atoms with Crippen LogP contribution in [-0.4, -0.2) is 47.8 Å². The molecule has 0 aliphatic heterocycles. The van der Waals surface area contributed by atoms with E-state index in [1.165, 1.54) is 6.92 Å². The van der Waals surface area contributed by atoms with Gasteiger partial charge in [0.2, 0.25) is 5.91 Å². The highest BCUT2D eigenvalue weighted by molar-refractivity contribution is 6.02. The molecule has 0 aliphatic rings. The van der Waals surface area contributed by atoms with Gasteiger partial charge in [-0.25, -0.2) is 0 Å². The average Bonchev–Trinajstić information content (AvgIpc) is 2.33. The van der Waals surface area contributed by atoms with Crippen molar-refractivity contribution < 1.29 is 29.3 Å². The average molecular weight is 261 g/mol. The Balaban J connectivity index is 4.92. The van der Waals surface area contributed by atoms with Crippen molar-refractivity contribution in [3.8, 4) is 0 Å². The van der Waals surface area contributed by atoms with Gasteiger partial charge in [-0.2, -0.15) is 0 Å². The van der Waals surface area contributed by atoms with Crippen LogP contribution in [-0.2, 0) is 19.1 Å². The minimum atomic E-state index is -1.87. The van der Waals surface area contributed by atoms with Crippen LogP contribution in [0.5, 0.6) is 0 Å². The van der Waals surface area contributed by atoms with Gasteiger partial charge in [0.25, 0.3) is 0 Å². The second-order valence-corrected chi connectivity index (χ2v) is 3.71. The lowest BCUT2D eigenvalue weighted by Crippen LogP contribution is -2.44. The highest BCUT2D eigenvalue weighted by atomic mass is 16.5. The monoisotopic (exact) mass is 261 g/mol. The lowest BCUT2D eigenvalue weighted by Gasteiger charge is -2.24. The molecule has 1 atom stereocenters. The molecule has 0 heterocycles. The number of hydrogen-bond acceptors (Lipinski definition) is 5. The van der Waals surface area contributed by atoms with Crippen molar-refractivity contribution in [3.05, 3.63) is 0 Å². The van der Waals surface area contributed by atoms with Gasteiger partial charge in [0.05, 0.1) is 19.6 Å². The van der Waals surface area contributed by atoms with Crippen LogP contribution in [0.4, 0.5) is 0 Å². The number of aliphatic hydroxyl groups excluding tert-OH is 1. The minimum Gasteiger partial charge on any atom is -0.480 e. The van der Waals surface area contributed by atoms with E-state index in [4.69, 9.17) is 14.9 Å². The number of aliphatic hydroxyl groups is 1. The molecule has 0 radical (unpaired) electrons. The number of rotatable bonds is 8. The molecule has 3 N–H and O–H groups in total. The first-order valence-corrected chi connectivity index (χ1v) is 5.72. The number of amides is 1. The number of carbonyl (C=O) groups excluding carboxylic acids is 2.